The van der Waals surface area contributed by atoms with Crippen LogP contribution >= 0.6 is 11.6 Å². The van der Waals surface area contributed by atoms with Crippen molar-refractivity contribution in [2.45, 2.75) is 25.5 Å². The Hall–Kier alpha value is -1.50. The van der Waals surface area contributed by atoms with E-state index in [9.17, 15) is 4.79 Å². The van der Waals surface area contributed by atoms with Gasteiger partial charge in [-0.1, -0.05) is 11.6 Å². The van der Waals surface area contributed by atoms with Crippen molar-refractivity contribution in [3.05, 3.63) is 22.7 Å². The molecule has 0 aliphatic carbocycles. The zero-order valence-corrected chi connectivity index (χ0v) is 13.3. The van der Waals surface area contributed by atoms with Crippen LogP contribution in [0, 0.1) is 0 Å². The average molecular weight is 329 g/mol. The summed E-state index contributed by atoms with van der Waals surface area (Å²) in [7, 11) is 1.52. The maximum absolute atomic E-state index is 10.8. The number of methoxy groups -OCH3 is 1. The molecule has 0 unspecified atom stereocenters. The van der Waals surface area contributed by atoms with Gasteiger partial charge in [0.05, 0.1) is 18.2 Å². The van der Waals surface area contributed by atoms with Crippen molar-refractivity contribution in [1.82, 2.24) is 5.32 Å². The molecule has 1 heterocycles. The molecule has 1 fully saturated rings. The van der Waals surface area contributed by atoms with E-state index in [1.165, 1.54) is 7.11 Å². The number of primary amides is 1. The third kappa shape index (κ3) is 4.76. The van der Waals surface area contributed by atoms with Crippen LogP contribution in [0.25, 0.3) is 0 Å². The predicted octanol–water partition coefficient (Wildman–Crippen LogP) is 1.48. The van der Waals surface area contributed by atoms with E-state index >= 15 is 0 Å². The number of nitrogens with two attached hydrogens (primary N) is 1. The Bertz CT molecular complexity index is 519. The van der Waals surface area contributed by atoms with E-state index in [1.807, 2.05) is 6.07 Å². The molecule has 1 amide bonds. The van der Waals surface area contributed by atoms with Crippen LogP contribution in [0.1, 0.15) is 18.4 Å². The van der Waals surface area contributed by atoms with Gasteiger partial charge in [-0.05, 0) is 30.5 Å². The van der Waals surface area contributed by atoms with E-state index < -0.39 is 5.91 Å². The molecule has 3 N–H and O–H groups in total. The fourth-order valence-electron chi connectivity index (χ4n) is 2.34. The van der Waals surface area contributed by atoms with Gasteiger partial charge in [0.1, 0.15) is 0 Å². The van der Waals surface area contributed by atoms with E-state index in [0.29, 0.717) is 23.1 Å². The molecule has 0 saturated carbocycles. The van der Waals surface area contributed by atoms with Crippen LogP contribution < -0.4 is 20.5 Å². The number of carbonyl (C=O) groups is 1. The minimum absolute atomic E-state index is 0.243. The quantitative estimate of drug-likeness (QED) is 0.755. The Morgan fingerprint density at radius 3 is 3.00 bits per heavy atom. The van der Waals surface area contributed by atoms with Crippen LogP contribution in [0.3, 0.4) is 0 Å². The molecule has 1 aromatic carbocycles. The Labute approximate surface area is 134 Å². The summed E-state index contributed by atoms with van der Waals surface area (Å²) in [4.78, 5) is 10.8. The van der Waals surface area contributed by atoms with Crippen molar-refractivity contribution in [2.75, 3.05) is 26.9 Å². The molecule has 1 saturated heterocycles. The monoisotopic (exact) mass is 328 g/mol. The summed E-state index contributed by atoms with van der Waals surface area (Å²) in [5.74, 6) is 0.230. The first kappa shape index (κ1) is 16.9. The smallest absolute Gasteiger partial charge is 0.255 e. The lowest BCUT2D eigenvalue weighted by molar-refractivity contribution is -0.119. The Morgan fingerprint density at radius 1 is 1.55 bits per heavy atom. The van der Waals surface area contributed by atoms with E-state index in [0.717, 1.165) is 31.6 Å². The van der Waals surface area contributed by atoms with Crippen LogP contribution in [0.15, 0.2) is 12.1 Å². The van der Waals surface area contributed by atoms with Crippen LogP contribution in [0.5, 0.6) is 11.5 Å². The van der Waals surface area contributed by atoms with Gasteiger partial charge in [-0.15, -0.1) is 0 Å². The highest BCUT2D eigenvalue weighted by Gasteiger charge is 2.16. The summed E-state index contributed by atoms with van der Waals surface area (Å²) in [5.41, 5.74) is 6.03. The first-order chi connectivity index (χ1) is 10.6. The van der Waals surface area contributed by atoms with Gasteiger partial charge < -0.3 is 25.3 Å². The molecule has 0 spiro atoms. The number of carbonyl (C=O) groups excluding carboxylic acids is 1. The Kier molecular flexibility index (Phi) is 6.30. The van der Waals surface area contributed by atoms with E-state index in [1.54, 1.807) is 6.07 Å². The van der Waals surface area contributed by atoms with Crippen LogP contribution in [0.4, 0.5) is 0 Å². The van der Waals surface area contributed by atoms with Crippen molar-refractivity contribution in [3.8, 4) is 11.5 Å². The molecular weight excluding hydrogens is 308 g/mol. The number of hydrogen-bond acceptors (Lipinski definition) is 5. The second-order valence-electron chi connectivity index (χ2n) is 5.13. The minimum atomic E-state index is -0.569. The maximum atomic E-state index is 10.8. The van der Waals surface area contributed by atoms with Gasteiger partial charge in [0, 0.05) is 19.7 Å². The number of ether oxygens (including phenoxy) is 3. The van der Waals surface area contributed by atoms with Crippen molar-refractivity contribution in [3.63, 3.8) is 0 Å². The first-order valence-corrected chi connectivity index (χ1v) is 7.57. The van der Waals surface area contributed by atoms with Gasteiger partial charge in [-0.2, -0.15) is 0 Å². The highest BCUT2D eigenvalue weighted by Crippen LogP contribution is 2.36. The molecule has 0 radical (unpaired) electrons. The molecule has 1 aliphatic rings. The number of hydrogen-bond donors (Lipinski definition) is 2. The van der Waals surface area contributed by atoms with Gasteiger partial charge in [0.2, 0.25) is 0 Å². The third-order valence-electron chi connectivity index (χ3n) is 3.37. The fourth-order valence-corrected chi connectivity index (χ4v) is 2.63. The third-order valence-corrected chi connectivity index (χ3v) is 3.65. The van der Waals surface area contributed by atoms with Gasteiger partial charge in [0.25, 0.3) is 5.91 Å². The normalized spacial score (nSPS) is 17.5. The highest BCUT2D eigenvalue weighted by molar-refractivity contribution is 6.32. The lowest BCUT2D eigenvalue weighted by atomic mass is 10.2. The van der Waals surface area contributed by atoms with Crippen LogP contribution in [0.2, 0.25) is 5.02 Å². The summed E-state index contributed by atoms with van der Waals surface area (Å²) in [6.45, 7) is 2.05. The number of rotatable bonds is 8. The predicted molar refractivity (Wildman–Crippen MR) is 83.4 cm³/mol. The van der Waals surface area contributed by atoms with Crippen molar-refractivity contribution >= 4 is 17.5 Å². The summed E-state index contributed by atoms with van der Waals surface area (Å²) < 4.78 is 16.1. The molecule has 0 aromatic heterocycles. The molecular formula is C15H21ClN2O4. The van der Waals surface area contributed by atoms with E-state index in [2.05, 4.69) is 5.32 Å². The second kappa shape index (κ2) is 8.22. The van der Waals surface area contributed by atoms with Gasteiger partial charge in [0.15, 0.2) is 18.1 Å². The van der Waals surface area contributed by atoms with Gasteiger partial charge in [-0.3, -0.25) is 4.79 Å². The molecule has 2 rings (SSSR count). The summed E-state index contributed by atoms with van der Waals surface area (Å²) >= 11 is 6.19. The molecule has 1 atom stereocenters. The van der Waals surface area contributed by atoms with Crippen LogP contribution in [-0.4, -0.2) is 38.9 Å². The van der Waals surface area contributed by atoms with Crippen molar-refractivity contribution in [2.24, 2.45) is 5.73 Å². The summed E-state index contributed by atoms with van der Waals surface area (Å²) in [6, 6.07) is 3.60. The number of halogens is 1. The summed E-state index contributed by atoms with van der Waals surface area (Å²) in [5, 5.41) is 3.72. The standard InChI is InChI=1S/C15H21ClN2O4/c1-20-13-6-10(7-18-8-11-3-2-4-21-11)5-12(16)15(13)22-9-14(17)19/h5-6,11,18H,2-4,7-9H2,1H3,(H2,17,19)/t11-/m1/s1. The largest absolute Gasteiger partial charge is 0.493 e. The summed E-state index contributed by atoms with van der Waals surface area (Å²) in [6.07, 6.45) is 2.50. The van der Waals surface area contributed by atoms with Crippen molar-refractivity contribution in [1.29, 1.82) is 0 Å². The molecule has 1 aliphatic heterocycles. The van der Waals surface area contributed by atoms with Gasteiger partial charge >= 0.3 is 0 Å². The Morgan fingerprint density at radius 2 is 2.36 bits per heavy atom. The molecule has 122 valence electrons. The zero-order valence-electron chi connectivity index (χ0n) is 12.6. The lowest BCUT2D eigenvalue weighted by Gasteiger charge is -2.15. The fraction of sp³-hybridized carbons (Fsp3) is 0.533. The molecule has 1 aromatic rings. The zero-order chi connectivity index (χ0) is 15.9. The number of nitrogens with one attached hydrogen (secondary N) is 1. The SMILES string of the molecule is COc1cc(CNC[C@H]2CCCO2)cc(Cl)c1OCC(N)=O. The Balaban J connectivity index is 1.96. The van der Waals surface area contributed by atoms with E-state index in [-0.39, 0.29) is 12.7 Å². The molecule has 7 heteroatoms. The topological polar surface area (TPSA) is 82.8 Å². The van der Waals surface area contributed by atoms with Gasteiger partial charge in [-0.25, -0.2) is 0 Å². The lowest BCUT2D eigenvalue weighted by Crippen LogP contribution is -2.25. The molecule has 0 bridgehead atoms. The van der Waals surface area contributed by atoms with E-state index in [4.69, 9.17) is 31.5 Å². The van der Waals surface area contributed by atoms with Crippen molar-refractivity contribution < 1.29 is 19.0 Å². The minimum Gasteiger partial charge on any atom is -0.493 e. The highest BCUT2D eigenvalue weighted by atomic mass is 35.5. The number of benzene rings is 1. The number of amides is 1. The average Bonchev–Trinajstić information content (AvgIpc) is 2.98. The second-order valence-corrected chi connectivity index (χ2v) is 5.54. The molecule has 22 heavy (non-hydrogen) atoms. The molecule has 6 nitrogen and oxygen atoms in total. The van der Waals surface area contributed by atoms with Crippen LogP contribution in [-0.2, 0) is 16.1 Å². The first-order valence-electron chi connectivity index (χ1n) is 7.20. The maximum Gasteiger partial charge on any atom is 0.255 e.